The van der Waals surface area contributed by atoms with E-state index in [4.69, 9.17) is 0 Å². The summed E-state index contributed by atoms with van der Waals surface area (Å²) in [6.07, 6.45) is 13.2. The minimum Gasteiger partial charge on any atom is -0.222 e. The third-order valence-electron chi connectivity index (χ3n) is 3.63. The van der Waals surface area contributed by atoms with Crippen LogP contribution in [0.2, 0.25) is 0 Å². The summed E-state index contributed by atoms with van der Waals surface area (Å²) in [5.41, 5.74) is 0. The van der Waals surface area contributed by atoms with Gasteiger partial charge in [0.05, 0.1) is 18.1 Å². The first-order chi connectivity index (χ1) is 7.45. The second-order valence-corrected chi connectivity index (χ2v) is 4.94. The van der Waals surface area contributed by atoms with E-state index in [0.29, 0.717) is 12.1 Å². The van der Waals surface area contributed by atoms with E-state index >= 15 is 0 Å². The predicted octanol–water partition coefficient (Wildman–Crippen LogP) is 3.82. The summed E-state index contributed by atoms with van der Waals surface area (Å²) >= 11 is 0. The molecular formula is C13H22N2Os. The zero-order chi connectivity index (χ0) is 10.3. The zero-order valence-corrected chi connectivity index (χ0v) is 12.5. The van der Waals surface area contributed by atoms with Crippen LogP contribution in [0.5, 0.6) is 0 Å². The van der Waals surface area contributed by atoms with Crippen LogP contribution in [-0.4, -0.2) is 18.1 Å². The van der Waals surface area contributed by atoms with Crippen LogP contribution in [0.4, 0.5) is 0 Å². The molecule has 0 aromatic rings. The normalized spacial score (nSPS) is 23.0. The van der Waals surface area contributed by atoms with Crippen molar-refractivity contribution in [1.29, 1.82) is 0 Å². The molecule has 2 aliphatic rings. The van der Waals surface area contributed by atoms with Gasteiger partial charge in [-0.25, -0.2) is 9.98 Å². The van der Waals surface area contributed by atoms with Crippen molar-refractivity contribution in [2.75, 3.05) is 0 Å². The van der Waals surface area contributed by atoms with Gasteiger partial charge in [0.1, 0.15) is 0 Å². The molecule has 0 spiro atoms. The Balaban J connectivity index is 0.00000128. The van der Waals surface area contributed by atoms with Gasteiger partial charge < -0.3 is 0 Å². The van der Waals surface area contributed by atoms with Gasteiger partial charge in [-0.2, -0.15) is 0 Å². The predicted molar refractivity (Wildman–Crippen MR) is 63.6 cm³/mol. The quantitative estimate of drug-likeness (QED) is 0.634. The van der Waals surface area contributed by atoms with E-state index < -0.39 is 0 Å². The van der Waals surface area contributed by atoms with Crippen molar-refractivity contribution in [3.63, 3.8) is 0 Å². The van der Waals surface area contributed by atoms with E-state index in [0.717, 1.165) is 0 Å². The molecule has 2 rings (SSSR count). The number of nitrogens with zero attached hydrogens (tertiary/aromatic N) is 2. The van der Waals surface area contributed by atoms with Crippen LogP contribution in [0.25, 0.3) is 0 Å². The van der Waals surface area contributed by atoms with Crippen molar-refractivity contribution in [1.82, 2.24) is 0 Å². The molecule has 0 unspecified atom stereocenters. The van der Waals surface area contributed by atoms with Gasteiger partial charge >= 0.3 is 0 Å². The summed E-state index contributed by atoms with van der Waals surface area (Å²) in [7, 11) is 0. The van der Waals surface area contributed by atoms with Crippen molar-refractivity contribution in [2.45, 2.75) is 76.3 Å². The first-order valence-electron chi connectivity index (χ1n) is 6.60. The second kappa shape index (κ2) is 8.16. The molecule has 0 saturated heterocycles. The Morgan fingerprint density at radius 1 is 0.625 bits per heavy atom. The van der Waals surface area contributed by atoms with E-state index in [1.165, 1.54) is 64.2 Å². The van der Waals surface area contributed by atoms with Gasteiger partial charge in [0.15, 0.2) is 0 Å². The third kappa shape index (κ3) is 4.90. The van der Waals surface area contributed by atoms with Crippen molar-refractivity contribution >= 4 is 6.01 Å². The molecule has 0 atom stereocenters. The third-order valence-corrected chi connectivity index (χ3v) is 3.63. The van der Waals surface area contributed by atoms with Crippen LogP contribution in [-0.2, 0) is 19.8 Å². The fourth-order valence-corrected chi connectivity index (χ4v) is 2.62. The minimum atomic E-state index is 0. The molecule has 0 aromatic heterocycles. The fourth-order valence-electron chi connectivity index (χ4n) is 2.62. The van der Waals surface area contributed by atoms with Gasteiger partial charge in [-0.15, -0.1) is 0 Å². The molecular weight excluding hydrogens is 374 g/mol. The molecule has 16 heavy (non-hydrogen) atoms. The maximum atomic E-state index is 4.46. The number of rotatable bonds is 2. The summed E-state index contributed by atoms with van der Waals surface area (Å²) < 4.78 is 0. The van der Waals surface area contributed by atoms with Crippen LogP contribution in [0, 0.1) is 0 Å². The fraction of sp³-hybridized carbons (Fsp3) is 0.923. The monoisotopic (exact) mass is 398 g/mol. The van der Waals surface area contributed by atoms with Gasteiger partial charge in [0, 0.05) is 19.8 Å². The van der Waals surface area contributed by atoms with E-state index in [1.807, 2.05) is 0 Å². The van der Waals surface area contributed by atoms with Crippen LogP contribution < -0.4 is 0 Å². The van der Waals surface area contributed by atoms with Crippen LogP contribution in [0.1, 0.15) is 64.2 Å². The number of hydrogen-bond acceptors (Lipinski definition) is 2. The van der Waals surface area contributed by atoms with Crippen molar-refractivity contribution in [3.05, 3.63) is 0 Å². The summed E-state index contributed by atoms with van der Waals surface area (Å²) in [5.74, 6) is 0. The van der Waals surface area contributed by atoms with Crippen LogP contribution in [0.3, 0.4) is 0 Å². The summed E-state index contributed by atoms with van der Waals surface area (Å²) in [4.78, 5) is 8.92. The topological polar surface area (TPSA) is 24.7 Å². The molecule has 0 amide bonds. The van der Waals surface area contributed by atoms with Gasteiger partial charge in [0.2, 0.25) is 0 Å². The maximum absolute atomic E-state index is 4.46. The smallest absolute Gasteiger partial charge is 0.0898 e. The molecule has 0 aliphatic heterocycles. The van der Waals surface area contributed by atoms with Gasteiger partial charge in [-0.05, 0) is 25.7 Å². The Morgan fingerprint density at radius 2 is 1.00 bits per heavy atom. The molecule has 2 fully saturated rings. The van der Waals surface area contributed by atoms with Gasteiger partial charge in [-0.1, -0.05) is 38.5 Å². The van der Waals surface area contributed by atoms with Gasteiger partial charge in [-0.3, -0.25) is 0 Å². The molecule has 0 N–H and O–H groups in total. The van der Waals surface area contributed by atoms with Gasteiger partial charge in [0.25, 0.3) is 0 Å². The number of aliphatic imine (C=N–C) groups is 2. The van der Waals surface area contributed by atoms with E-state index in [1.54, 1.807) is 0 Å². The average molecular weight is 397 g/mol. The minimum absolute atomic E-state index is 0. The average Bonchev–Trinajstić information content (AvgIpc) is 2.32. The maximum Gasteiger partial charge on any atom is 0.0898 e. The standard InChI is InChI=1S/C13H22N2.Os/c1-3-7-12(8-4-1)14-11-15-13-9-5-2-6-10-13;/h12-13H,1-10H2;. The molecule has 0 aromatic carbocycles. The van der Waals surface area contributed by atoms with Crippen LogP contribution >= 0.6 is 0 Å². The second-order valence-electron chi connectivity index (χ2n) is 4.94. The Kier molecular flexibility index (Phi) is 7.18. The first-order valence-corrected chi connectivity index (χ1v) is 6.60. The molecule has 2 nitrogen and oxygen atoms in total. The number of hydrogen-bond donors (Lipinski definition) is 0. The molecule has 92 valence electrons. The summed E-state index contributed by atoms with van der Waals surface area (Å²) in [5, 5.41) is 0. The molecule has 2 aliphatic carbocycles. The van der Waals surface area contributed by atoms with Crippen molar-refractivity contribution in [2.24, 2.45) is 9.98 Å². The molecule has 0 radical (unpaired) electrons. The first kappa shape index (κ1) is 14.1. The Bertz CT molecular complexity index is 212. The van der Waals surface area contributed by atoms with Crippen LogP contribution in [0.15, 0.2) is 9.98 Å². The largest absolute Gasteiger partial charge is 0.222 e. The summed E-state index contributed by atoms with van der Waals surface area (Å²) in [6, 6.07) is 4.04. The molecule has 0 bridgehead atoms. The Morgan fingerprint density at radius 3 is 1.38 bits per heavy atom. The molecule has 2 saturated carbocycles. The zero-order valence-electron chi connectivity index (χ0n) is 9.97. The Hall–Kier alpha value is 0.0164. The van der Waals surface area contributed by atoms with Crippen molar-refractivity contribution in [3.8, 4) is 0 Å². The summed E-state index contributed by atoms with van der Waals surface area (Å²) in [6.45, 7) is 0. The van der Waals surface area contributed by atoms with E-state index in [2.05, 4.69) is 16.0 Å². The van der Waals surface area contributed by atoms with E-state index in [9.17, 15) is 0 Å². The molecule has 0 heterocycles. The SMILES string of the molecule is C(=NC1CCCCC1)=NC1CCCCC1.[Os]. The van der Waals surface area contributed by atoms with E-state index in [-0.39, 0.29) is 19.8 Å². The van der Waals surface area contributed by atoms with Crippen molar-refractivity contribution < 1.29 is 19.8 Å². The molecule has 3 heteroatoms. The Labute approximate surface area is 112 Å².